The molecule has 0 aliphatic heterocycles. The Balaban J connectivity index is 2.08. The van der Waals surface area contributed by atoms with Crippen LogP contribution in [0.2, 0.25) is 0 Å². The number of para-hydroxylation sites is 2. The van der Waals surface area contributed by atoms with E-state index < -0.39 is 0 Å². The molecule has 0 aliphatic rings. The largest absolute Gasteiger partial charge is 0.493 e. The van der Waals surface area contributed by atoms with E-state index in [2.05, 4.69) is 10.2 Å². The minimum atomic E-state index is 0.315. The summed E-state index contributed by atoms with van der Waals surface area (Å²) in [5.74, 6) is 2.85. The van der Waals surface area contributed by atoms with Crippen LogP contribution in [-0.4, -0.2) is 38.6 Å². The van der Waals surface area contributed by atoms with Crippen molar-refractivity contribution in [3.8, 4) is 45.9 Å². The van der Waals surface area contributed by atoms with Crippen LogP contribution in [0.1, 0.15) is 0 Å². The number of hydrogen-bond acceptors (Lipinski definition) is 7. The Hall–Kier alpha value is -3.22. The van der Waals surface area contributed by atoms with Crippen LogP contribution in [0.25, 0.3) is 22.9 Å². The SMILES string of the molecule is COc1cccc(-c2nnc(-c3cccc(OC)c3OC)o2)c1OC. The molecule has 0 bridgehead atoms. The monoisotopic (exact) mass is 342 g/mol. The molecule has 2 aromatic carbocycles. The van der Waals surface area contributed by atoms with Crippen LogP contribution in [-0.2, 0) is 0 Å². The maximum Gasteiger partial charge on any atom is 0.252 e. The average molecular weight is 342 g/mol. The van der Waals surface area contributed by atoms with Gasteiger partial charge in [-0.15, -0.1) is 10.2 Å². The summed E-state index contributed by atoms with van der Waals surface area (Å²) in [5.41, 5.74) is 1.28. The second-order valence-corrected chi connectivity index (χ2v) is 4.99. The Labute approximate surface area is 145 Å². The second kappa shape index (κ2) is 7.12. The molecule has 7 nitrogen and oxygen atoms in total. The Kier molecular flexibility index (Phi) is 4.74. The summed E-state index contributed by atoms with van der Waals surface area (Å²) in [4.78, 5) is 0. The van der Waals surface area contributed by atoms with Crippen molar-refractivity contribution in [2.75, 3.05) is 28.4 Å². The highest BCUT2D eigenvalue weighted by Gasteiger charge is 2.20. The zero-order valence-electron chi connectivity index (χ0n) is 14.4. The molecule has 0 radical (unpaired) electrons. The Morgan fingerprint density at radius 3 is 1.44 bits per heavy atom. The van der Waals surface area contributed by atoms with Gasteiger partial charge in [0.2, 0.25) is 0 Å². The quantitative estimate of drug-likeness (QED) is 0.679. The van der Waals surface area contributed by atoms with Crippen molar-refractivity contribution in [3.63, 3.8) is 0 Å². The van der Waals surface area contributed by atoms with Gasteiger partial charge < -0.3 is 23.4 Å². The summed E-state index contributed by atoms with van der Waals surface area (Å²) in [5, 5.41) is 8.26. The molecule has 1 aromatic heterocycles. The van der Waals surface area contributed by atoms with Gasteiger partial charge in [-0.1, -0.05) is 12.1 Å². The second-order valence-electron chi connectivity index (χ2n) is 4.99. The lowest BCUT2D eigenvalue weighted by molar-refractivity contribution is 0.354. The maximum atomic E-state index is 5.85. The van der Waals surface area contributed by atoms with E-state index in [1.807, 2.05) is 24.3 Å². The summed E-state index contributed by atoms with van der Waals surface area (Å²) in [6, 6.07) is 10.9. The fraction of sp³-hybridized carbons (Fsp3) is 0.222. The normalized spacial score (nSPS) is 10.4. The van der Waals surface area contributed by atoms with Crippen molar-refractivity contribution in [3.05, 3.63) is 36.4 Å². The number of aromatic nitrogens is 2. The van der Waals surface area contributed by atoms with E-state index in [0.717, 1.165) is 0 Å². The van der Waals surface area contributed by atoms with Gasteiger partial charge in [0, 0.05) is 0 Å². The van der Waals surface area contributed by atoms with Gasteiger partial charge in [-0.2, -0.15) is 0 Å². The number of rotatable bonds is 6. The number of benzene rings is 2. The summed E-state index contributed by atoms with van der Waals surface area (Å²) < 4.78 is 27.3. The van der Waals surface area contributed by atoms with E-state index in [9.17, 15) is 0 Å². The molecular formula is C18H18N2O5. The number of hydrogen-bond donors (Lipinski definition) is 0. The van der Waals surface area contributed by atoms with Gasteiger partial charge in [0.15, 0.2) is 23.0 Å². The highest BCUT2D eigenvalue weighted by Crippen LogP contribution is 2.40. The minimum absolute atomic E-state index is 0.315. The summed E-state index contributed by atoms with van der Waals surface area (Å²) >= 11 is 0. The highest BCUT2D eigenvalue weighted by molar-refractivity contribution is 5.71. The van der Waals surface area contributed by atoms with Crippen LogP contribution in [0.4, 0.5) is 0 Å². The van der Waals surface area contributed by atoms with E-state index in [-0.39, 0.29) is 0 Å². The van der Waals surface area contributed by atoms with Gasteiger partial charge in [-0.3, -0.25) is 0 Å². The molecule has 0 N–H and O–H groups in total. The lowest BCUT2D eigenvalue weighted by Crippen LogP contribution is -1.93. The van der Waals surface area contributed by atoms with Crippen molar-refractivity contribution in [1.29, 1.82) is 0 Å². The zero-order chi connectivity index (χ0) is 17.8. The minimum Gasteiger partial charge on any atom is -0.493 e. The smallest absolute Gasteiger partial charge is 0.252 e. The standard InChI is InChI=1S/C18H18N2O5/c1-21-13-9-5-7-11(15(13)23-3)17-19-20-18(25-17)12-8-6-10-14(22-2)16(12)24-4/h5-10H,1-4H3. The third-order valence-electron chi connectivity index (χ3n) is 3.69. The van der Waals surface area contributed by atoms with Gasteiger partial charge >= 0.3 is 0 Å². The Morgan fingerprint density at radius 2 is 1.08 bits per heavy atom. The van der Waals surface area contributed by atoms with Crippen LogP contribution in [0, 0.1) is 0 Å². The molecule has 0 atom stereocenters. The Bertz CT molecular complexity index is 806. The first kappa shape index (κ1) is 16.6. The van der Waals surface area contributed by atoms with Gasteiger partial charge in [0.1, 0.15) is 0 Å². The van der Waals surface area contributed by atoms with Crippen molar-refractivity contribution in [2.24, 2.45) is 0 Å². The average Bonchev–Trinajstić information content (AvgIpc) is 3.16. The predicted molar refractivity (Wildman–Crippen MR) is 91.4 cm³/mol. The summed E-state index contributed by atoms with van der Waals surface area (Å²) in [7, 11) is 6.26. The van der Waals surface area contributed by atoms with E-state index in [0.29, 0.717) is 45.9 Å². The van der Waals surface area contributed by atoms with E-state index in [4.69, 9.17) is 23.4 Å². The van der Waals surface area contributed by atoms with E-state index >= 15 is 0 Å². The van der Waals surface area contributed by atoms with Crippen LogP contribution in [0.5, 0.6) is 23.0 Å². The van der Waals surface area contributed by atoms with Crippen molar-refractivity contribution in [1.82, 2.24) is 10.2 Å². The fourth-order valence-corrected chi connectivity index (χ4v) is 2.55. The topological polar surface area (TPSA) is 75.8 Å². The third kappa shape index (κ3) is 2.96. The molecule has 25 heavy (non-hydrogen) atoms. The predicted octanol–water partition coefficient (Wildman–Crippen LogP) is 3.44. The van der Waals surface area contributed by atoms with Gasteiger partial charge in [-0.25, -0.2) is 0 Å². The molecule has 0 aliphatic carbocycles. The molecule has 3 rings (SSSR count). The molecule has 0 unspecified atom stereocenters. The molecule has 0 fully saturated rings. The molecule has 0 spiro atoms. The molecule has 1 heterocycles. The molecule has 130 valence electrons. The molecule has 0 saturated carbocycles. The number of nitrogens with zero attached hydrogens (tertiary/aromatic N) is 2. The van der Waals surface area contributed by atoms with E-state index in [1.165, 1.54) is 0 Å². The van der Waals surface area contributed by atoms with Crippen LogP contribution in [0.3, 0.4) is 0 Å². The van der Waals surface area contributed by atoms with Crippen LogP contribution in [0.15, 0.2) is 40.8 Å². The summed E-state index contributed by atoms with van der Waals surface area (Å²) in [6.45, 7) is 0. The van der Waals surface area contributed by atoms with Gasteiger partial charge in [0.05, 0.1) is 39.6 Å². The summed E-state index contributed by atoms with van der Waals surface area (Å²) in [6.07, 6.45) is 0. The first-order valence-electron chi connectivity index (χ1n) is 7.49. The molecular weight excluding hydrogens is 324 g/mol. The first-order valence-corrected chi connectivity index (χ1v) is 7.49. The highest BCUT2D eigenvalue weighted by atomic mass is 16.5. The van der Waals surface area contributed by atoms with Crippen molar-refractivity contribution >= 4 is 0 Å². The third-order valence-corrected chi connectivity index (χ3v) is 3.69. The van der Waals surface area contributed by atoms with Crippen LogP contribution < -0.4 is 18.9 Å². The number of ether oxygens (including phenoxy) is 4. The Morgan fingerprint density at radius 1 is 0.640 bits per heavy atom. The number of methoxy groups -OCH3 is 4. The lowest BCUT2D eigenvalue weighted by Gasteiger charge is -2.10. The van der Waals surface area contributed by atoms with E-state index in [1.54, 1.807) is 40.6 Å². The van der Waals surface area contributed by atoms with Crippen molar-refractivity contribution < 1.29 is 23.4 Å². The first-order chi connectivity index (χ1) is 12.2. The molecule has 7 heteroatoms. The lowest BCUT2D eigenvalue weighted by atomic mass is 10.2. The fourth-order valence-electron chi connectivity index (χ4n) is 2.55. The van der Waals surface area contributed by atoms with Crippen molar-refractivity contribution in [2.45, 2.75) is 0 Å². The molecule has 0 saturated heterocycles. The maximum absolute atomic E-state index is 5.85. The molecule has 3 aromatic rings. The zero-order valence-corrected chi connectivity index (χ0v) is 14.4. The molecule has 0 amide bonds. The van der Waals surface area contributed by atoms with Gasteiger partial charge in [-0.05, 0) is 24.3 Å². The van der Waals surface area contributed by atoms with Gasteiger partial charge in [0.25, 0.3) is 11.8 Å². The van der Waals surface area contributed by atoms with Crippen LogP contribution >= 0.6 is 0 Å².